The Morgan fingerprint density at radius 1 is 0.872 bits per heavy atom. The van der Waals surface area contributed by atoms with E-state index in [9.17, 15) is 9.59 Å². The lowest BCUT2D eigenvalue weighted by molar-refractivity contribution is -0.701. The van der Waals surface area contributed by atoms with Gasteiger partial charge in [0.15, 0.2) is 6.20 Å². The molecular formula is C32H55N2O5+. The lowest BCUT2D eigenvalue weighted by Gasteiger charge is -2.35. The first-order valence-corrected chi connectivity index (χ1v) is 15.7. The quantitative estimate of drug-likeness (QED) is 0.114. The third kappa shape index (κ3) is 14.3. The van der Waals surface area contributed by atoms with Crippen LogP contribution in [-0.2, 0) is 32.1 Å². The van der Waals surface area contributed by atoms with E-state index in [1.165, 1.54) is 90.4 Å². The number of imide groups is 1. The van der Waals surface area contributed by atoms with Crippen molar-refractivity contribution in [3.8, 4) is 0 Å². The first kappa shape index (κ1) is 33.2. The van der Waals surface area contributed by atoms with E-state index in [1.807, 2.05) is 35.9 Å². The molecule has 0 radical (unpaired) electrons. The molecule has 222 valence electrons. The van der Waals surface area contributed by atoms with Crippen molar-refractivity contribution in [1.29, 1.82) is 0 Å². The van der Waals surface area contributed by atoms with Gasteiger partial charge in [-0.1, -0.05) is 96.5 Å². The van der Waals surface area contributed by atoms with Crippen LogP contribution in [0.2, 0.25) is 0 Å². The summed E-state index contributed by atoms with van der Waals surface area (Å²) in [4.78, 5) is 25.7. The third-order valence-corrected chi connectivity index (χ3v) is 7.55. The highest BCUT2D eigenvalue weighted by atomic mass is 16.6. The predicted molar refractivity (Wildman–Crippen MR) is 154 cm³/mol. The van der Waals surface area contributed by atoms with Crippen LogP contribution in [0.1, 0.15) is 123 Å². The Balaban J connectivity index is 1.41. The molecule has 1 aromatic rings. The van der Waals surface area contributed by atoms with Crippen molar-refractivity contribution in [1.82, 2.24) is 4.90 Å². The fourth-order valence-corrected chi connectivity index (χ4v) is 5.05. The monoisotopic (exact) mass is 547 g/mol. The second kappa shape index (κ2) is 20.8. The Labute approximate surface area is 237 Å². The second-order valence-corrected chi connectivity index (χ2v) is 10.9. The fourth-order valence-electron chi connectivity index (χ4n) is 5.05. The molecule has 0 bridgehead atoms. The summed E-state index contributed by atoms with van der Waals surface area (Å²) in [7, 11) is 0. The average molecular weight is 548 g/mol. The van der Waals surface area contributed by atoms with Crippen LogP contribution in [-0.4, -0.2) is 48.9 Å². The number of pyridine rings is 1. The summed E-state index contributed by atoms with van der Waals surface area (Å²) in [5.74, 6) is -0.337. The molecular weight excluding hydrogens is 492 g/mol. The summed E-state index contributed by atoms with van der Waals surface area (Å²) in [6.45, 7) is 8.15. The lowest BCUT2D eigenvalue weighted by atomic mass is 10.0. The number of aromatic nitrogens is 1. The number of nitrogens with zero attached hydrogens (tertiary/aromatic N) is 2. The fraction of sp³-hybridized carbons (Fsp3) is 0.781. The summed E-state index contributed by atoms with van der Waals surface area (Å²) in [5.41, 5.74) is 0.878. The van der Waals surface area contributed by atoms with E-state index < -0.39 is 6.09 Å². The van der Waals surface area contributed by atoms with Gasteiger partial charge in [-0.3, -0.25) is 4.79 Å². The normalized spacial score (nSPS) is 16.6. The van der Waals surface area contributed by atoms with Crippen molar-refractivity contribution in [3.05, 3.63) is 30.1 Å². The molecule has 0 unspecified atom stereocenters. The van der Waals surface area contributed by atoms with Crippen molar-refractivity contribution in [2.24, 2.45) is 0 Å². The molecule has 1 fully saturated rings. The number of carbonyl (C=O) groups is 2. The van der Waals surface area contributed by atoms with Gasteiger partial charge in [-0.15, -0.1) is 0 Å². The van der Waals surface area contributed by atoms with E-state index in [0.717, 1.165) is 36.6 Å². The average Bonchev–Trinajstić information content (AvgIpc) is 2.91. The zero-order valence-corrected chi connectivity index (χ0v) is 25.0. The van der Waals surface area contributed by atoms with Crippen molar-refractivity contribution in [2.45, 2.75) is 142 Å². The summed E-state index contributed by atoms with van der Waals surface area (Å²) < 4.78 is 19.0. The highest BCUT2D eigenvalue weighted by Crippen LogP contribution is 2.22. The molecule has 0 N–H and O–H groups in total. The Kier molecular flexibility index (Phi) is 17.8. The molecule has 0 aliphatic carbocycles. The van der Waals surface area contributed by atoms with E-state index in [1.54, 1.807) is 0 Å². The van der Waals surface area contributed by atoms with Gasteiger partial charge in [-0.05, 0) is 13.3 Å². The molecule has 7 nitrogen and oxygen atoms in total. The molecule has 0 spiro atoms. The molecule has 1 saturated heterocycles. The van der Waals surface area contributed by atoms with Crippen LogP contribution in [0.3, 0.4) is 0 Å². The molecule has 7 heteroatoms. The van der Waals surface area contributed by atoms with Crippen molar-refractivity contribution >= 4 is 12.0 Å². The van der Waals surface area contributed by atoms with Gasteiger partial charge in [-0.25, -0.2) is 14.3 Å². The van der Waals surface area contributed by atoms with Gasteiger partial charge in [0.1, 0.15) is 19.7 Å². The van der Waals surface area contributed by atoms with Crippen molar-refractivity contribution in [3.63, 3.8) is 0 Å². The number of aryl methyl sites for hydroxylation is 1. The molecule has 2 amide bonds. The predicted octanol–water partition coefficient (Wildman–Crippen LogP) is 7.13. The molecule has 1 aromatic heterocycles. The third-order valence-electron chi connectivity index (χ3n) is 7.55. The summed E-state index contributed by atoms with van der Waals surface area (Å²) in [6, 6.07) is 5.73. The molecule has 0 saturated carbocycles. The lowest BCUT2D eigenvalue weighted by Crippen LogP contribution is -2.46. The largest absolute Gasteiger partial charge is 0.446 e. The first-order chi connectivity index (χ1) is 19.0. The smallest absolute Gasteiger partial charge is 0.417 e. The number of carbonyl (C=O) groups excluding carboxylic acids is 2. The van der Waals surface area contributed by atoms with Crippen LogP contribution < -0.4 is 4.57 Å². The minimum absolute atomic E-state index is 0.0667. The number of unbranched alkanes of at least 4 members (excludes halogenated alkanes) is 13. The van der Waals surface area contributed by atoms with Crippen molar-refractivity contribution < 1.29 is 28.4 Å². The highest BCUT2D eigenvalue weighted by Gasteiger charge is 2.32. The number of hydrogen-bond donors (Lipinski definition) is 0. The van der Waals surface area contributed by atoms with Gasteiger partial charge in [0.25, 0.3) is 0 Å². The van der Waals surface area contributed by atoms with Gasteiger partial charge in [0.2, 0.25) is 11.6 Å². The standard InChI is InChI=1S/C32H55N2O5/c1-4-6-7-8-9-10-11-12-13-14-15-16-17-20-23-37-26-30-24-31(39-30)27-38-32(36)34(28(3)35)25-29-21-18-19-22-33(29)5-2/h18-19,21-22,30-31H,4-17,20,23-27H2,1-3H3/q+1/t30-,31-/m0/s1. The van der Waals surface area contributed by atoms with Gasteiger partial charge in [0.05, 0.1) is 18.8 Å². The first-order valence-electron chi connectivity index (χ1n) is 15.7. The zero-order chi connectivity index (χ0) is 28.1. The number of rotatable bonds is 22. The maximum atomic E-state index is 12.5. The Hall–Kier alpha value is -1.99. The van der Waals surface area contributed by atoms with Gasteiger partial charge in [-0.2, -0.15) is 0 Å². The van der Waals surface area contributed by atoms with Crippen LogP contribution in [0.15, 0.2) is 24.4 Å². The van der Waals surface area contributed by atoms with Crippen LogP contribution in [0.25, 0.3) is 0 Å². The molecule has 1 aliphatic heterocycles. The minimum Gasteiger partial charge on any atom is -0.446 e. The van der Waals surface area contributed by atoms with Gasteiger partial charge in [0, 0.05) is 32.1 Å². The number of ether oxygens (including phenoxy) is 3. The molecule has 2 atom stereocenters. The number of hydrogen-bond acceptors (Lipinski definition) is 5. The SMILES string of the molecule is CCCCCCCCCCCCCCCCOC[C@@H]1C[C@@H](COC(=O)N(Cc2cccc[n+]2CC)C(C)=O)O1. The molecule has 2 heterocycles. The molecule has 39 heavy (non-hydrogen) atoms. The van der Waals surface area contributed by atoms with Gasteiger partial charge >= 0.3 is 6.09 Å². The van der Waals surface area contributed by atoms with Crippen LogP contribution in [0.5, 0.6) is 0 Å². The Bertz CT molecular complexity index is 797. The van der Waals surface area contributed by atoms with Crippen LogP contribution in [0.4, 0.5) is 4.79 Å². The zero-order valence-electron chi connectivity index (χ0n) is 25.0. The van der Waals surface area contributed by atoms with E-state index in [2.05, 4.69) is 6.92 Å². The van der Waals surface area contributed by atoms with Gasteiger partial charge < -0.3 is 14.2 Å². The second-order valence-electron chi connectivity index (χ2n) is 10.9. The number of amides is 2. The Morgan fingerprint density at radius 3 is 2.00 bits per heavy atom. The van der Waals surface area contributed by atoms with Crippen LogP contribution in [0, 0.1) is 0 Å². The molecule has 0 aromatic carbocycles. The maximum absolute atomic E-state index is 12.5. The molecule has 1 aliphatic rings. The summed E-state index contributed by atoms with van der Waals surface area (Å²) in [6.07, 6.45) is 21.0. The topological polar surface area (TPSA) is 69.0 Å². The van der Waals surface area contributed by atoms with Crippen molar-refractivity contribution in [2.75, 3.05) is 19.8 Å². The maximum Gasteiger partial charge on any atom is 0.417 e. The highest BCUT2D eigenvalue weighted by molar-refractivity contribution is 5.90. The van der Waals surface area contributed by atoms with E-state index in [0.29, 0.717) is 6.61 Å². The minimum atomic E-state index is -0.630. The van der Waals surface area contributed by atoms with Crippen LogP contribution >= 0.6 is 0 Å². The Morgan fingerprint density at radius 2 is 1.44 bits per heavy atom. The summed E-state index contributed by atoms with van der Waals surface area (Å²) >= 11 is 0. The molecule has 2 rings (SSSR count). The van der Waals surface area contributed by atoms with E-state index in [4.69, 9.17) is 14.2 Å². The van der Waals surface area contributed by atoms with E-state index >= 15 is 0 Å². The summed E-state index contributed by atoms with van der Waals surface area (Å²) in [5, 5.41) is 0. The van der Waals surface area contributed by atoms with E-state index in [-0.39, 0.29) is 31.3 Å².